The van der Waals surface area contributed by atoms with Crippen LogP contribution in [0.3, 0.4) is 0 Å². The van der Waals surface area contributed by atoms with E-state index in [1.807, 2.05) is 13.0 Å². The lowest BCUT2D eigenvalue weighted by molar-refractivity contribution is -0.139. The number of benzene rings is 2. The molecule has 0 radical (unpaired) electrons. The smallest absolute Gasteiger partial charge is 0.338 e. The van der Waals surface area contributed by atoms with Gasteiger partial charge in [0, 0.05) is 22.6 Å². The number of carbonyl (C=O) groups excluding carboxylic acids is 1. The monoisotopic (exact) mass is 571 g/mol. The molecule has 9 heteroatoms. The molecular weight excluding hydrogens is 538 g/mol. The quantitative estimate of drug-likeness (QED) is 0.305. The number of ether oxygens (including phenoxy) is 3. The molecule has 8 nitrogen and oxygen atoms in total. The number of hydrogen-bond donors (Lipinski definition) is 0. The van der Waals surface area contributed by atoms with Crippen LogP contribution in [-0.2, 0) is 9.53 Å². The van der Waals surface area contributed by atoms with Crippen molar-refractivity contribution in [2.75, 3.05) is 20.8 Å². The number of fused-ring (bicyclic) bond motifs is 1. The molecule has 5 rings (SSSR count). The maximum atomic E-state index is 14.1. The van der Waals surface area contributed by atoms with Gasteiger partial charge in [0.25, 0.3) is 5.56 Å². The second kappa shape index (κ2) is 11.2. The minimum absolute atomic E-state index is 0.193. The molecule has 0 aliphatic carbocycles. The third-order valence-corrected chi connectivity index (χ3v) is 8.28. The lowest BCUT2D eigenvalue weighted by Gasteiger charge is -2.26. The van der Waals surface area contributed by atoms with Gasteiger partial charge in [-0.25, -0.2) is 9.79 Å². The first-order valence-electron chi connectivity index (χ1n) is 13.4. The molecule has 0 bridgehead atoms. The number of thiazole rings is 1. The van der Waals surface area contributed by atoms with Gasteiger partial charge in [-0.1, -0.05) is 29.0 Å². The van der Waals surface area contributed by atoms with Crippen LogP contribution in [0, 0.1) is 20.8 Å². The molecule has 1 atom stereocenters. The van der Waals surface area contributed by atoms with Crippen molar-refractivity contribution in [3.05, 3.63) is 108 Å². The molecule has 0 spiro atoms. The molecule has 0 amide bonds. The van der Waals surface area contributed by atoms with E-state index >= 15 is 0 Å². The van der Waals surface area contributed by atoms with Gasteiger partial charge in [-0.15, -0.1) is 0 Å². The zero-order chi connectivity index (χ0) is 29.4. The summed E-state index contributed by atoms with van der Waals surface area (Å²) in [6.45, 7) is 9.86. The molecule has 4 aromatic rings. The Kier molecular flexibility index (Phi) is 7.73. The second-order valence-corrected chi connectivity index (χ2v) is 10.9. The molecule has 0 fully saturated rings. The van der Waals surface area contributed by atoms with Crippen molar-refractivity contribution in [3.63, 3.8) is 0 Å². The number of methoxy groups -OCH3 is 2. The normalized spacial score (nSPS) is 15.0. The lowest BCUT2D eigenvalue weighted by atomic mass is 9.94. The minimum Gasteiger partial charge on any atom is -0.497 e. The Hall–Kier alpha value is -4.37. The molecule has 0 saturated heterocycles. The summed E-state index contributed by atoms with van der Waals surface area (Å²) in [7, 11) is 3.12. The van der Waals surface area contributed by atoms with Gasteiger partial charge in [0.05, 0.1) is 36.6 Å². The van der Waals surface area contributed by atoms with E-state index in [2.05, 4.69) is 48.7 Å². The van der Waals surface area contributed by atoms with E-state index in [0.717, 1.165) is 22.6 Å². The van der Waals surface area contributed by atoms with E-state index in [1.165, 1.54) is 16.9 Å². The van der Waals surface area contributed by atoms with Gasteiger partial charge >= 0.3 is 5.97 Å². The van der Waals surface area contributed by atoms with Crippen LogP contribution in [0.2, 0.25) is 0 Å². The number of carbonyl (C=O) groups is 1. The van der Waals surface area contributed by atoms with E-state index < -0.39 is 12.0 Å². The van der Waals surface area contributed by atoms with Gasteiger partial charge in [-0.05, 0) is 82.7 Å². The zero-order valence-corrected chi connectivity index (χ0v) is 25.1. The second-order valence-electron chi connectivity index (χ2n) is 9.91. The fraction of sp³-hybridized carbons (Fsp3) is 0.281. The van der Waals surface area contributed by atoms with Crippen LogP contribution in [0.15, 0.2) is 69.6 Å². The molecule has 0 N–H and O–H groups in total. The first kappa shape index (κ1) is 28.2. The number of aryl methyl sites for hydroxylation is 2. The Bertz CT molecular complexity index is 1860. The predicted molar refractivity (Wildman–Crippen MR) is 160 cm³/mol. The standard InChI is InChI=1S/C32H33N3O5S/c1-8-40-31(37)28-20(4)33-32-35(29(28)25-17-24(38-6)13-14-26(25)39-7)30(36)27(41-32)16-22-15-19(3)34(21(22)5)23-11-9-18(2)10-12-23/h9-17,29H,8H2,1-7H3. The highest BCUT2D eigenvalue weighted by Gasteiger charge is 2.35. The number of hydrogen-bond acceptors (Lipinski definition) is 7. The lowest BCUT2D eigenvalue weighted by Crippen LogP contribution is -2.40. The van der Waals surface area contributed by atoms with Crippen molar-refractivity contribution in [3.8, 4) is 17.2 Å². The molecule has 1 aliphatic heterocycles. The van der Waals surface area contributed by atoms with Crippen LogP contribution in [0.1, 0.15) is 48.0 Å². The molecule has 1 unspecified atom stereocenters. The minimum atomic E-state index is -0.808. The Morgan fingerprint density at radius 2 is 1.76 bits per heavy atom. The van der Waals surface area contributed by atoms with Gasteiger partial charge in [0.1, 0.15) is 17.5 Å². The van der Waals surface area contributed by atoms with E-state index in [1.54, 1.807) is 50.8 Å². The van der Waals surface area contributed by atoms with E-state index in [0.29, 0.717) is 32.1 Å². The van der Waals surface area contributed by atoms with Crippen molar-refractivity contribution in [2.24, 2.45) is 4.99 Å². The number of aromatic nitrogens is 2. The molecule has 212 valence electrons. The summed E-state index contributed by atoms with van der Waals surface area (Å²) in [5, 5.41) is 0. The van der Waals surface area contributed by atoms with Crippen molar-refractivity contribution in [2.45, 2.75) is 40.7 Å². The molecule has 2 aromatic carbocycles. The zero-order valence-electron chi connectivity index (χ0n) is 24.3. The number of rotatable bonds is 7. The third-order valence-electron chi connectivity index (χ3n) is 7.30. The summed E-state index contributed by atoms with van der Waals surface area (Å²) >= 11 is 1.29. The number of esters is 1. The summed E-state index contributed by atoms with van der Waals surface area (Å²) < 4.78 is 20.8. The first-order valence-corrected chi connectivity index (χ1v) is 14.2. The Morgan fingerprint density at radius 3 is 2.41 bits per heavy atom. The maximum absolute atomic E-state index is 14.1. The van der Waals surface area contributed by atoms with Gasteiger partial charge < -0.3 is 18.8 Å². The van der Waals surface area contributed by atoms with Gasteiger partial charge in [-0.3, -0.25) is 9.36 Å². The Labute approximate surface area is 242 Å². The van der Waals surface area contributed by atoms with Crippen LogP contribution < -0.4 is 24.4 Å². The molecule has 2 aromatic heterocycles. The highest BCUT2D eigenvalue weighted by atomic mass is 32.1. The van der Waals surface area contributed by atoms with E-state index in [4.69, 9.17) is 19.2 Å². The van der Waals surface area contributed by atoms with Crippen molar-refractivity contribution >= 4 is 23.4 Å². The van der Waals surface area contributed by atoms with Gasteiger partial charge in [0.15, 0.2) is 4.80 Å². The first-order chi connectivity index (χ1) is 19.7. The molecule has 0 saturated carbocycles. The highest BCUT2D eigenvalue weighted by Crippen LogP contribution is 2.37. The van der Waals surface area contributed by atoms with Crippen LogP contribution in [0.25, 0.3) is 11.8 Å². The summed E-state index contributed by atoms with van der Waals surface area (Å²) in [6.07, 6.45) is 1.90. The van der Waals surface area contributed by atoms with Crippen molar-refractivity contribution in [1.82, 2.24) is 9.13 Å². The van der Waals surface area contributed by atoms with Gasteiger partial charge in [-0.2, -0.15) is 0 Å². The van der Waals surface area contributed by atoms with Gasteiger partial charge in [0.2, 0.25) is 0 Å². The average Bonchev–Trinajstić information content (AvgIpc) is 3.41. The van der Waals surface area contributed by atoms with Crippen molar-refractivity contribution < 1.29 is 19.0 Å². The average molecular weight is 572 g/mol. The molecule has 1 aliphatic rings. The van der Waals surface area contributed by atoms with Crippen molar-refractivity contribution in [1.29, 1.82) is 0 Å². The number of allylic oxidation sites excluding steroid dienone is 1. The van der Waals surface area contributed by atoms with Crippen LogP contribution in [0.5, 0.6) is 11.5 Å². The molecule has 3 heterocycles. The van der Waals surface area contributed by atoms with Crippen LogP contribution >= 0.6 is 11.3 Å². The van der Waals surface area contributed by atoms with E-state index in [-0.39, 0.29) is 17.7 Å². The topological polar surface area (TPSA) is 84.1 Å². The number of nitrogens with zero attached hydrogens (tertiary/aromatic N) is 3. The SMILES string of the molecule is CCOC(=O)C1=C(C)N=c2sc(=Cc3cc(C)n(-c4ccc(C)cc4)c3C)c(=O)n2C1c1cc(OC)ccc1OC. The summed E-state index contributed by atoms with van der Waals surface area (Å²) in [5.41, 5.74) is 6.40. The fourth-order valence-corrected chi connectivity index (χ4v) is 6.34. The van der Waals surface area contributed by atoms with Crippen LogP contribution in [-0.4, -0.2) is 35.9 Å². The summed E-state index contributed by atoms with van der Waals surface area (Å²) in [4.78, 5) is 32.6. The Balaban J connectivity index is 1.73. The largest absolute Gasteiger partial charge is 0.497 e. The molecule has 41 heavy (non-hydrogen) atoms. The fourth-order valence-electron chi connectivity index (χ4n) is 5.30. The summed E-state index contributed by atoms with van der Waals surface area (Å²) in [6, 6.07) is 14.9. The highest BCUT2D eigenvalue weighted by molar-refractivity contribution is 7.07. The maximum Gasteiger partial charge on any atom is 0.338 e. The Morgan fingerprint density at radius 1 is 1.02 bits per heavy atom. The van der Waals surface area contributed by atoms with Crippen LogP contribution in [0.4, 0.5) is 0 Å². The summed E-state index contributed by atoms with van der Waals surface area (Å²) in [5.74, 6) is 0.562. The van der Waals surface area contributed by atoms with E-state index in [9.17, 15) is 9.59 Å². The predicted octanol–water partition coefficient (Wildman–Crippen LogP) is 4.53. The third kappa shape index (κ3) is 5.02. The molecular formula is C32H33N3O5S.